The zero-order valence-electron chi connectivity index (χ0n) is 9.86. The number of hydrogen-bond donors (Lipinski definition) is 1. The van der Waals surface area contributed by atoms with E-state index in [1.165, 1.54) is 0 Å². The maximum Gasteiger partial charge on any atom is 0.175 e. The highest BCUT2D eigenvalue weighted by molar-refractivity contribution is 8.02. The molecule has 0 fully saturated rings. The molecule has 0 aromatic carbocycles. The van der Waals surface area contributed by atoms with Crippen LogP contribution in [0.2, 0.25) is 0 Å². The average Bonchev–Trinajstić information content (AvgIpc) is 3.05. The van der Waals surface area contributed by atoms with Crippen molar-refractivity contribution in [2.24, 2.45) is 0 Å². The SMILES string of the molecule is CSc1nnc(SCc2nc(N)c3ccsc3n2)s1. The Morgan fingerprint density at radius 1 is 1.26 bits per heavy atom. The fraction of sp³-hybridized carbons (Fsp3) is 0.200. The average molecular weight is 327 g/mol. The molecule has 0 amide bonds. The molecule has 0 atom stereocenters. The van der Waals surface area contributed by atoms with Gasteiger partial charge in [-0.3, -0.25) is 0 Å². The Morgan fingerprint density at radius 2 is 2.11 bits per heavy atom. The zero-order chi connectivity index (χ0) is 13.2. The molecule has 0 aliphatic rings. The smallest absolute Gasteiger partial charge is 0.175 e. The van der Waals surface area contributed by atoms with E-state index in [0.29, 0.717) is 11.6 Å². The monoisotopic (exact) mass is 327 g/mol. The third-order valence-electron chi connectivity index (χ3n) is 2.29. The first kappa shape index (κ1) is 13.1. The van der Waals surface area contributed by atoms with Gasteiger partial charge in [-0.05, 0) is 17.7 Å². The van der Waals surface area contributed by atoms with Crippen LogP contribution >= 0.6 is 46.2 Å². The largest absolute Gasteiger partial charge is 0.383 e. The minimum atomic E-state index is 0.545. The van der Waals surface area contributed by atoms with Gasteiger partial charge < -0.3 is 5.73 Å². The number of thiophene rings is 1. The first-order chi connectivity index (χ1) is 9.26. The van der Waals surface area contributed by atoms with E-state index in [2.05, 4.69) is 20.2 Å². The summed E-state index contributed by atoms with van der Waals surface area (Å²) in [5.41, 5.74) is 5.91. The number of rotatable bonds is 4. The molecule has 19 heavy (non-hydrogen) atoms. The lowest BCUT2D eigenvalue weighted by Crippen LogP contribution is -1.98. The van der Waals surface area contributed by atoms with Crippen molar-refractivity contribution in [3.05, 3.63) is 17.3 Å². The van der Waals surface area contributed by atoms with Crippen molar-refractivity contribution < 1.29 is 0 Å². The van der Waals surface area contributed by atoms with Crippen LogP contribution in [-0.4, -0.2) is 26.4 Å². The first-order valence-electron chi connectivity index (χ1n) is 5.26. The fourth-order valence-electron chi connectivity index (χ4n) is 1.45. The molecule has 3 aromatic heterocycles. The molecule has 0 radical (unpaired) electrons. The number of thioether (sulfide) groups is 2. The highest BCUT2D eigenvalue weighted by atomic mass is 32.2. The molecule has 0 aliphatic heterocycles. The molecular weight excluding hydrogens is 318 g/mol. The van der Waals surface area contributed by atoms with Gasteiger partial charge in [0.2, 0.25) is 0 Å². The quantitative estimate of drug-likeness (QED) is 0.737. The van der Waals surface area contributed by atoms with Crippen LogP contribution in [0.4, 0.5) is 5.82 Å². The van der Waals surface area contributed by atoms with Gasteiger partial charge in [-0.1, -0.05) is 34.9 Å². The van der Waals surface area contributed by atoms with Crippen molar-refractivity contribution in [1.82, 2.24) is 20.2 Å². The predicted octanol–water partition coefficient (Wildman–Crippen LogP) is 3.14. The van der Waals surface area contributed by atoms with E-state index in [0.717, 1.165) is 24.7 Å². The second-order valence-electron chi connectivity index (χ2n) is 3.49. The summed E-state index contributed by atoms with van der Waals surface area (Å²) in [5, 5.41) is 11.1. The maximum atomic E-state index is 5.91. The summed E-state index contributed by atoms with van der Waals surface area (Å²) in [6.45, 7) is 0. The molecule has 5 nitrogen and oxygen atoms in total. The minimum Gasteiger partial charge on any atom is -0.383 e. The van der Waals surface area contributed by atoms with Crippen LogP contribution in [0.25, 0.3) is 10.2 Å². The van der Waals surface area contributed by atoms with E-state index in [9.17, 15) is 0 Å². The van der Waals surface area contributed by atoms with Gasteiger partial charge in [0, 0.05) is 0 Å². The van der Waals surface area contributed by atoms with Gasteiger partial charge in [-0.25, -0.2) is 9.97 Å². The highest BCUT2D eigenvalue weighted by Crippen LogP contribution is 2.30. The Morgan fingerprint density at radius 3 is 2.89 bits per heavy atom. The molecule has 0 saturated carbocycles. The molecular formula is C10H9N5S4. The van der Waals surface area contributed by atoms with Crippen LogP contribution < -0.4 is 5.73 Å². The van der Waals surface area contributed by atoms with Crippen molar-refractivity contribution in [1.29, 1.82) is 0 Å². The lowest BCUT2D eigenvalue weighted by Gasteiger charge is -2.00. The van der Waals surface area contributed by atoms with E-state index in [4.69, 9.17) is 5.73 Å². The van der Waals surface area contributed by atoms with E-state index < -0.39 is 0 Å². The Hall–Kier alpha value is -0.900. The molecule has 0 saturated heterocycles. The van der Waals surface area contributed by atoms with Gasteiger partial charge >= 0.3 is 0 Å². The normalized spacial score (nSPS) is 11.2. The Kier molecular flexibility index (Phi) is 3.87. The number of nitrogens with zero attached hydrogens (tertiary/aromatic N) is 4. The highest BCUT2D eigenvalue weighted by Gasteiger charge is 2.09. The second kappa shape index (κ2) is 5.61. The molecule has 2 N–H and O–H groups in total. The molecule has 3 rings (SSSR count). The van der Waals surface area contributed by atoms with Crippen molar-refractivity contribution in [2.75, 3.05) is 12.0 Å². The minimum absolute atomic E-state index is 0.545. The number of anilines is 1. The summed E-state index contributed by atoms with van der Waals surface area (Å²) in [4.78, 5) is 9.75. The summed E-state index contributed by atoms with van der Waals surface area (Å²) in [5.74, 6) is 1.93. The van der Waals surface area contributed by atoms with Crippen LogP contribution in [0.3, 0.4) is 0 Å². The molecule has 0 spiro atoms. The Labute approximate surface area is 126 Å². The summed E-state index contributed by atoms with van der Waals surface area (Å²) >= 11 is 6.34. The lowest BCUT2D eigenvalue weighted by molar-refractivity contribution is 0.954. The van der Waals surface area contributed by atoms with Gasteiger partial charge in [0.25, 0.3) is 0 Å². The van der Waals surface area contributed by atoms with Crippen LogP contribution in [-0.2, 0) is 5.75 Å². The van der Waals surface area contributed by atoms with Gasteiger partial charge in [0.15, 0.2) is 8.68 Å². The van der Waals surface area contributed by atoms with Crippen LogP contribution in [0.15, 0.2) is 20.1 Å². The molecule has 9 heteroatoms. The Bertz CT molecular complexity index is 707. The number of aromatic nitrogens is 4. The van der Waals surface area contributed by atoms with E-state index >= 15 is 0 Å². The second-order valence-corrected chi connectivity index (χ2v) is 7.64. The first-order valence-corrected chi connectivity index (χ1v) is 9.17. The van der Waals surface area contributed by atoms with E-state index in [-0.39, 0.29) is 0 Å². The Balaban J connectivity index is 1.77. The number of nitrogen functional groups attached to an aromatic ring is 1. The fourth-order valence-corrected chi connectivity index (χ4v) is 4.54. The van der Waals surface area contributed by atoms with Crippen molar-refractivity contribution in [3.63, 3.8) is 0 Å². The topological polar surface area (TPSA) is 77.6 Å². The van der Waals surface area contributed by atoms with Gasteiger partial charge in [0.05, 0.1) is 11.1 Å². The van der Waals surface area contributed by atoms with E-state index in [1.807, 2.05) is 17.7 Å². The molecule has 0 aliphatic carbocycles. The van der Waals surface area contributed by atoms with E-state index in [1.54, 1.807) is 46.2 Å². The van der Waals surface area contributed by atoms with Crippen LogP contribution in [0, 0.1) is 0 Å². The number of nitrogens with two attached hydrogens (primary N) is 1. The standard InChI is InChI=1S/C10H9N5S4/c1-16-9-14-15-10(19-9)18-4-6-12-7(11)5-2-3-17-8(5)13-6/h2-3H,4H2,1H3,(H2,11,12,13). The van der Waals surface area contributed by atoms with Crippen LogP contribution in [0.1, 0.15) is 5.82 Å². The van der Waals surface area contributed by atoms with Crippen molar-refractivity contribution >= 4 is 62.2 Å². The molecule has 3 aromatic rings. The maximum absolute atomic E-state index is 5.91. The summed E-state index contributed by atoms with van der Waals surface area (Å²) in [6.07, 6.45) is 1.99. The number of fused-ring (bicyclic) bond motifs is 1. The van der Waals surface area contributed by atoms with Gasteiger partial charge in [-0.2, -0.15) is 0 Å². The zero-order valence-corrected chi connectivity index (χ0v) is 13.1. The summed E-state index contributed by atoms with van der Waals surface area (Å²) in [6, 6.07) is 1.95. The third kappa shape index (κ3) is 2.83. The molecule has 0 bridgehead atoms. The predicted molar refractivity (Wildman–Crippen MR) is 83.1 cm³/mol. The van der Waals surface area contributed by atoms with Gasteiger partial charge in [-0.15, -0.1) is 21.5 Å². The van der Waals surface area contributed by atoms with Crippen molar-refractivity contribution in [3.8, 4) is 0 Å². The van der Waals surface area contributed by atoms with Crippen LogP contribution in [0.5, 0.6) is 0 Å². The lowest BCUT2D eigenvalue weighted by atomic mass is 10.4. The third-order valence-corrected chi connectivity index (χ3v) is 6.12. The molecule has 0 unspecified atom stereocenters. The van der Waals surface area contributed by atoms with Crippen molar-refractivity contribution in [2.45, 2.75) is 14.4 Å². The summed E-state index contributed by atoms with van der Waals surface area (Å²) in [7, 11) is 0. The molecule has 98 valence electrons. The molecule has 3 heterocycles. The number of hydrogen-bond acceptors (Lipinski definition) is 9. The summed E-state index contributed by atoms with van der Waals surface area (Å²) < 4.78 is 1.90. The van der Waals surface area contributed by atoms with Gasteiger partial charge in [0.1, 0.15) is 16.5 Å².